The zero-order valence-electron chi connectivity index (χ0n) is 11.9. The van der Waals surface area contributed by atoms with E-state index in [2.05, 4.69) is 24.1 Å². The van der Waals surface area contributed by atoms with Gasteiger partial charge in [0.05, 0.1) is 6.10 Å². The Kier molecular flexibility index (Phi) is 5.16. The molecule has 0 saturated heterocycles. The molecular formula is C15H24N2O2. The second-order valence-corrected chi connectivity index (χ2v) is 5.43. The Morgan fingerprint density at radius 2 is 2.32 bits per heavy atom. The zero-order valence-corrected chi connectivity index (χ0v) is 11.9. The van der Waals surface area contributed by atoms with Gasteiger partial charge in [-0.05, 0) is 51.6 Å². The maximum atomic E-state index is 11.3. The van der Waals surface area contributed by atoms with E-state index in [1.165, 1.54) is 5.56 Å². The predicted octanol–water partition coefficient (Wildman–Crippen LogP) is 2.16. The Hall–Kier alpha value is -1.13. The molecule has 1 aliphatic carbocycles. The van der Waals surface area contributed by atoms with Crippen LogP contribution in [0, 0.1) is 0 Å². The average molecular weight is 264 g/mol. The highest BCUT2D eigenvalue weighted by Gasteiger charge is 2.19. The summed E-state index contributed by atoms with van der Waals surface area (Å²) in [4.78, 5) is 14.3. The van der Waals surface area contributed by atoms with Crippen molar-refractivity contribution in [2.24, 2.45) is 0 Å². The molecule has 106 valence electrons. The number of nitrogens with one attached hydrogen (secondary N) is 2. The van der Waals surface area contributed by atoms with Crippen LogP contribution in [0.5, 0.6) is 0 Å². The van der Waals surface area contributed by atoms with Gasteiger partial charge in [0.1, 0.15) is 0 Å². The van der Waals surface area contributed by atoms with Crippen LogP contribution in [0.3, 0.4) is 0 Å². The van der Waals surface area contributed by atoms with Crippen molar-refractivity contribution in [2.45, 2.75) is 51.7 Å². The summed E-state index contributed by atoms with van der Waals surface area (Å²) in [6.45, 7) is 5.87. The highest BCUT2D eigenvalue weighted by Crippen LogP contribution is 2.27. The van der Waals surface area contributed by atoms with E-state index in [0.29, 0.717) is 12.1 Å². The summed E-state index contributed by atoms with van der Waals surface area (Å²) >= 11 is 0. The van der Waals surface area contributed by atoms with Gasteiger partial charge in [-0.3, -0.25) is 4.79 Å². The number of hydrogen-bond acceptors (Lipinski definition) is 3. The van der Waals surface area contributed by atoms with Crippen LogP contribution in [0.2, 0.25) is 0 Å². The molecule has 0 aliphatic heterocycles. The monoisotopic (exact) mass is 264 g/mol. The van der Waals surface area contributed by atoms with Gasteiger partial charge in [-0.2, -0.15) is 0 Å². The molecule has 0 spiro atoms. The minimum atomic E-state index is 0.00438. The lowest BCUT2D eigenvalue weighted by atomic mass is 9.91. The third-order valence-electron chi connectivity index (χ3n) is 3.49. The highest BCUT2D eigenvalue weighted by molar-refractivity contribution is 5.26. The Labute approximate surface area is 114 Å². The van der Waals surface area contributed by atoms with E-state index in [-0.39, 0.29) is 5.56 Å². The number of aromatic nitrogens is 1. The van der Waals surface area contributed by atoms with Crippen LogP contribution in [-0.2, 0) is 11.2 Å². The number of hydrogen-bond donors (Lipinski definition) is 2. The van der Waals surface area contributed by atoms with Crippen LogP contribution in [0.25, 0.3) is 0 Å². The first kappa shape index (κ1) is 14.3. The number of rotatable bonds is 6. The van der Waals surface area contributed by atoms with Crippen molar-refractivity contribution in [3.05, 3.63) is 33.7 Å². The minimum Gasteiger partial charge on any atom is -0.379 e. The van der Waals surface area contributed by atoms with E-state index in [1.807, 2.05) is 6.07 Å². The van der Waals surface area contributed by atoms with Gasteiger partial charge in [0, 0.05) is 24.4 Å². The second-order valence-electron chi connectivity index (χ2n) is 5.43. The standard InChI is InChI=1S/C15H24N2O2/c1-11(2)19-10-4-9-16-13-5-3-6-14-12(13)7-8-15(18)17-14/h7-8,11,13,16H,3-6,9-10H2,1-2H3,(H,17,18). The van der Waals surface area contributed by atoms with Gasteiger partial charge >= 0.3 is 0 Å². The molecule has 1 unspecified atom stereocenters. The van der Waals surface area contributed by atoms with E-state index < -0.39 is 0 Å². The van der Waals surface area contributed by atoms with E-state index in [1.54, 1.807) is 6.07 Å². The minimum absolute atomic E-state index is 0.00438. The quantitative estimate of drug-likeness (QED) is 0.774. The Morgan fingerprint density at radius 3 is 3.11 bits per heavy atom. The molecule has 19 heavy (non-hydrogen) atoms. The van der Waals surface area contributed by atoms with Crippen molar-refractivity contribution in [1.29, 1.82) is 0 Å². The smallest absolute Gasteiger partial charge is 0.248 e. The molecule has 0 bridgehead atoms. The third-order valence-corrected chi connectivity index (χ3v) is 3.49. The van der Waals surface area contributed by atoms with Crippen molar-refractivity contribution >= 4 is 0 Å². The Morgan fingerprint density at radius 1 is 1.47 bits per heavy atom. The summed E-state index contributed by atoms with van der Waals surface area (Å²) in [5, 5.41) is 3.57. The number of ether oxygens (including phenoxy) is 1. The molecule has 0 fully saturated rings. The first-order valence-corrected chi connectivity index (χ1v) is 7.24. The first-order chi connectivity index (χ1) is 9.16. The third kappa shape index (κ3) is 4.18. The van der Waals surface area contributed by atoms with Crippen molar-refractivity contribution in [3.63, 3.8) is 0 Å². The molecule has 4 heteroatoms. The van der Waals surface area contributed by atoms with E-state index in [0.717, 1.165) is 44.5 Å². The van der Waals surface area contributed by atoms with Gasteiger partial charge < -0.3 is 15.0 Å². The fourth-order valence-corrected chi connectivity index (χ4v) is 2.58. The number of pyridine rings is 1. The molecule has 0 amide bonds. The van der Waals surface area contributed by atoms with Crippen LogP contribution >= 0.6 is 0 Å². The maximum Gasteiger partial charge on any atom is 0.248 e. The van der Waals surface area contributed by atoms with Gasteiger partial charge in [0.2, 0.25) is 5.56 Å². The SMILES string of the molecule is CC(C)OCCCNC1CCCc2[nH]c(=O)ccc21. The van der Waals surface area contributed by atoms with E-state index in [4.69, 9.17) is 4.74 Å². The molecule has 0 saturated carbocycles. The lowest BCUT2D eigenvalue weighted by Crippen LogP contribution is -2.28. The fraction of sp³-hybridized carbons (Fsp3) is 0.667. The van der Waals surface area contributed by atoms with Crippen LogP contribution in [0.4, 0.5) is 0 Å². The summed E-state index contributed by atoms with van der Waals surface area (Å²) < 4.78 is 5.53. The fourth-order valence-electron chi connectivity index (χ4n) is 2.58. The van der Waals surface area contributed by atoms with Crippen LogP contribution < -0.4 is 10.9 Å². The summed E-state index contributed by atoms with van der Waals surface area (Å²) in [6, 6.07) is 3.97. The molecule has 0 aromatic carbocycles. The Balaban J connectivity index is 1.84. The van der Waals surface area contributed by atoms with Gasteiger partial charge in [-0.1, -0.05) is 6.07 Å². The molecule has 2 rings (SSSR count). The molecule has 0 radical (unpaired) electrons. The lowest BCUT2D eigenvalue weighted by molar-refractivity contribution is 0.0766. The Bertz CT molecular complexity index is 454. The maximum absolute atomic E-state index is 11.3. The van der Waals surface area contributed by atoms with E-state index >= 15 is 0 Å². The van der Waals surface area contributed by atoms with Gasteiger partial charge in [-0.25, -0.2) is 0 Å². The van der Waals surface area contributed by atoms with Crippen LogP contribution in [-0.4, -0.2) is 24.2 Å². The van der Waals surface area contributed by atoms with Crippen molar-refractivity contribution in [1.82, 2.24) is 10.3 Å². The first-order valence-electron chi connectivity index (χ1n) is 7.24. The molecule has 1 aliphatic rings. The molecule has 2 N–H and O–H groups in total. The molecule has 1 aromatic rings. The van der Waals surface area contributed by atoms with Crippen molar-refractivity contribution in [2.75, 3.05) is 13.2 Å². The van der Waals surface area contributed by atoms with Crippen molar-refractivity contribution in [3.8, 4) is 0 Å². The number of aromatic amines is 1. The van der Waals surface area contributed by atoms with Crippen molar-refractivity contribution < 1.29 is 4.74 Å². The normalized spacial score (nSPS) is 18.6. The van der Waals surface area contributed by atoms with Gasteiger partial charge in [-0.15, -0.1) is 0 Å². The average Bonchev–Trinajstić information content (AvgIpc) is 2.37. The van der Waals surface area contributed by atoms with Gasteiger partial charge in [0.25, 0.3) is 0 Å². The second kappa shape index (κ2) is 6.87. The summed E-state index contributed by atoms with van der Waals surface area (Å²) in [6.07, 6.45) is 4.59. The highest BCUT2D eigenvalue weighted by atomic mass is 16.5. The van der Waals surface area contributed by atoms with Gasteiger partial charge in [0.15, 0.2) is 0 Å². The number of aryl methyl sites for hydroxylation is 1. The largest absolute Gasteiger partial charge is 0.379 e. The van der Waals surface area contributed by atoms with E-state index in [9.17, 15) is 4.79 Å². The predicted molar refractivity (Wildman–Crippen MR) is 76.4 cm³/mol. The molecule has 1 heterocycles. The molecular weight excluding hydrogens is 240 g/mol. The topological polar surface area (TPSA) is 54.1 Å². The summed E-state index contributed by atoms with van der Waals surface area (Å²) in [7, 11) is 0. The molecule has 1 atom stereocenters. The lowest BCUT2D eigenvalue weighted by Gasteiger charge is -2.26. The summed E-state index contributed by atoms with van der Waals surface area (Å²) in [5.74, 6) is 0. The molecule has 4 nitrogen and oxygen atoms in total. The number of H-pyrrole nitrogens is 1. The molecule has 1 aromatic heterocycles. The summed E-state index contributed by atoms with van der Waals surface area (Å²) in [5.41, 5.74) is 2.37. The van der Waals surface area contributed by atoms with Crippen LogP contribution in [0.15, 0.2) is 16.9 Å². The van der Waals surface area contributed by atoms with Crippen LogP contribution in [0.1, 0.15) is 50.4 Å². The number of fused-ring (bicyclic) bond motifs is 1. The zero-order chi connectivity index (χ0) is 13.7.